The summed E-state index contributed by atoms with van der Waals surface area (Å²) in [4.78, 5) is 15.8. The number of ether oxygens (including phenoxy) is 1. The van der Waals surface area contributed by atoms with Gasteiger partial charge in [0.2, 0.25) is 5.88 Å². The van der Waals surface area contributed by atoms with Crippen LogP contribution in [0.25, 0.3) is 11.4 Å². The summed E-state index contributed by atoms with van der Waals surface area (Å²) in [5.74, 6) is 0.957. The Morgan fingerprint density at radius 1 is 1.12 bits per heavy atom. The lowest BCUT2D eigenvalue weighted by Crippen LogP contribution is -2.37. The molecule has 1 aliphatic carbocycles. The fourth-order valence-electron chi connectivity index (χ4n) is 4.76. The molecule has 5 rings (SSSR count). The van der Waals surface area contributed by atoms with Crippen molar-refractivity contribution in [2.75, 3.05) is 32.1 Å². The van der Waals surface area contributed by atoms with Gasteiger partial charge in [-0.25, -0.2) is 14.6 Å². The van der Waals surface area contributed by atoms with Crippen LogP contribution in [0.4, 0.5) is 5.69 Å². The molecule has 0 spiro atoms. The lowest BCUT2D eigenvalue weighted by Gasteiger charge is -2.33. The molecule has 2 fully saturated rings. The van der Waals surface area contributed by atoms with Gasteiger partial charge in [-0.3, -0.25) is 4.99 Å². The van der Waals surface area contributed by atoms with Gasteiger partial charge in [0.25, 0.3) is 0 Å². The van der Waals surface area contributed by atoms with Crippen molar-refractivity contribution in [2.45, 2.75) is 39.0 Å². The van der Waals surface area contributed by atoms with Gasteiger partial charge in [-0.15, -0.1) is 0 Å². The second-order valence-electron chi connectivity index (χ2n) is 9.01. The summed E-state index contributed by atoms with van der Waals surface area (Å²) < 4.78 is 7.57. The number of aliphatic imine (C=N–C) groups is 1. The molecule has 3 aromatic rings. The van der Waals surface area contributed by atoms with Crippen LogP contribution in [0.15, 0.2) is 47.2 Å². The Labute approximate surface area is 200 Å². The number of methoxy groups -OCH3 is 1. The van der Waals surface area contributed by atoms with Crippen LogP contribution in [0.1, 0.15) is 47.8 Å². The first-order chi connectivity index (χ1) is 16.5. The van der Waals surface area contributed by atoms with Gasteiger partial charge in [0, 0.05) is 55.1 Å². The van der Waals surface area contributed by atoms with E-state index in [1.165, 1.54) is 0 Å². The van der Waals surface area contributed by atoms with Crippen LogP contribution in [0.5, 0.6) is 5.88 Å². The second-order valence-corrected chi connectivity index (χ2v) is 9.01. The van der Waals surface area contributed by atoms with Crippen molar-refractivity contribution in [3.05, 3.63) is 64.9 Å². The number of nitrogens with zero attached hydrogens (tertiary/aromatic N) is 6. The third kappa shape index (κ3) is 4.04. The highest BCUT2D eigenvalue weighted by atomic mass is 16.5. The third-order valence-corrected chi connectivity index (χ3v) is 6.65. The van der Waals surface area contributed by atoms with Gasteiger partial charge in [0.05, 0.1) is 35.4 Å². The molecule has 2 N–H and O–H groups in total. The van der Waals surface area contributed by atoms with Crippen molar-refractivity contribution in [1.82, 2.24) is 19.7 Å². The summed E-state index contributed by atoms with van der Waals surface area (Å²) in [7, 11) is 3.47. The van der Waals surface area contributed by atoms with Crippen molar-refractivity contribution in [3.8, 4) is 11.6 Å². The van der Waals surface area contributed by atoms with E-state index < -0.39 is 0 Å². The quantitative estimate of drug-likeness (QED) is 0.626. The highest BCUT2D eigenvalue weighted by molar-refractivity contribution is 6.08. The van der Waals surface area contributed by atoms with Crippen molar-refractivity contribution in [3.63, 3.8) is 0 Å². The molecule has 3 heterocycles. The van der Waals surface area contributed by atoms with Crippen molar-refractivity contribution >= 4 is 17.1 Å². The first-order valence-corrected chi connectivity index (χ1v) is 11.7. The van der Waals surface area contributed by atoms with Gasteiger partial charge in [-0.2, -0.15) is 5.10 Å². The van der Waals surface area contributed by atoms with E-state index in [0.29, 0.717) is 24.0 Å². The molecule has 2 aliphatic rings. The summed E-state index contributed by atoms with van der Waals surface area (Å²) >= 11 is 0. The number of benzene rings is 1. The number of rotatable bonds is 5. The van der Waals surface area contributed by atoms with E-state index in [-0.39, 0.29) is 0 Å². The summed E-state index contributed by atoms with van der Waals surface area (Å²) in [6.07, 6.45) is 4.64. The van der Waals surface area contributed by atoms with Crippen LogP contribution in [0.3, 0.4) is 0 Å². The Morgan fingerprint density at radius 3 is 2.47 bits per heavy atom. The number of hydrogen-bond donors (Lipinski definition) is 1. The molecule has 1 saturated carbocycles. The van der Waals surface area contributed by atoms with Crippen LogP contribution in [-0.4, -0.2) is 52.7 Å². The van der Waals surface area contributed by atoms with Crippen molar-refractivity contribution < 1.29 is 4.74 Å². The van der Waals surface area contributed by atoms with Gasteiger partial charge in [0.1, 0.15) is 6.33 Å². The normalized spacial score (nSPS) is 18.9. The smallest absolute Gasteiger partial charge is 0.225 e. The number of aryl methyl sites for hydroxylation is 2. The lowest BCUT2D eigenvalue weighted by molar-refractivity contribution is 0.394. The molecular formula is C26H31N7O. The Kier molecular flexibility index (Phi) is 5.81. The maximum Gasteiger partial charge on any atom is 0.225 e. The molecule has 1 aromatic carbocycles. The number of hydrogen-bond acceptors (Lipinski definition) is 7. The Balaban J connectivity index is 1.49. The van der Waals surface area contributed by atoms with Crippen LogP contribution in [0.2, 0.25) is 0 Å². The molecule has 8 heteroatoms. The van der Waals surface area contributed by atoms with Crippen molar-refractivity contribution in [2.24, 2.45) is 10.7 Å². The van der Waals surface area contributed by atoms with Gasteiger partial charge < -0.3 is 15.4 Å². The average Bonchev–Trinajstić information content (AvgIpc) is 3.66. The van der Waals surface area contributed by atoms with E-state index in [0.717, 1.165) is 71.1 Å². The summed E-state index contributed by atoms with van der Waals surface area (Å²) in [6.45, 7) is 5.63. The van der Waals surface area contributed by atoms with E-state index in [4.69, 9.17) is 10.5 Å². The number of aromatic nitrogens is 4. The fraction of sp³-hybridized carbons (Fsp3) is 0.385. The maximum absolute atomic E-state index is 6.84. The first kappa shape index (κ1) is 22.1. The molecule has 1 saturated heterocycles. The van der Waals surface area contributed by atoms with Crippen LogP contribution < -0.4 is 15.4 Å². The molecule has 0 bridgehead atoms. The highest BCUT2D eigenvalue weighted by Gasteiger charge is 2.32. The van der Waals surface area contributed by atoms with Crippen molar-refractivity contribution in [1.29, 1.82) is 0 Å². The molecular weight excluding hydrogens is 426 g/mol. The molecule has 0 amide bonds. The van der Waals surface area contributed by atoms with Gasteiger partial charge >= 0.3 is 0 Å². The zero-order valence-corrected chi connectivity index (χ0v) is 20.2. The molecule has 0 atom stereocenters. The summed E-state index contributed by atoms with van der Waals surface area (Å²) in [6, 6.07) is 10.6. The minimum Gasteiger partial charge on any atom is -0.480 e. The van der Waals surface area contributed by atoms with E-state index in [1.807, 2.05) is 18.7 Å². The summed E-state index contributed by atoms with van der Waals surface area (Å²) in [5, 5.41) is 4.60. The van der Waals surface area contributed by atoms with E-state index >= 15 is 0 Å². The van der Waals surface area contributed by atoms with Gasteiger partial charge in [0.15, 0.2) is 0 Å². The monoisotopic (exact) mass is 457 g/mol. The molecule has 34 heavy (non-hydrogen) atoms. The third-order valence-electron chi connectivity index (χ3n) is 6.65. The Hall–Kier alpha value is -3.68. The second kappa shape index (κ2) is 8.93. The molecule has 8 nitrogen and oxygen atoms in total. The molecule has 176 valence electrons. The zero-order chi connectivity index (χ0) is 23.8. The fourth-order valence-corrected chi connectivity index (χ4v) is 4.76. The molecule has 0 radical (unpaired) electrons. The van der Waals surface area contributed by atoms with E-state index in [2.05, 4.69) is 62.2 Å². The van der Waals surface area contributed by atoms with E-state index in [1.54, 1.807) is 13.4 Å². The Morgan fingerprint density at radius 2 is 1.85 bits per heavy atom. The van der Waals surface area contributed by atoms with Gasteiger partial charge in [-0.05, 0) is 57.0 Å². The van der Waals surface area contributed by atoms with Crippen LogP contribution in [-0.2, 0) is 0 Å². The zero-order valence-electron chi connectivity index (χ0n) is 20.2. The highest BCUT2D eigenvalue weighted by Crippen LogP contribution is 2.44. The van der Waals surface area contributed by atoms with Crippen LogP contribution >= 0.6 is 0 Å². The number of anilines is 1. The molecule has 2 aromatic heterocycles. The minimum absolute atomic E-state index is 0.426. The minimum atomic E-state index is 0.426. The van der Waals surface area contributed by atoms with E-state index in [9.17, 15) is 0 Å². The number of piperidine rings is 1. The first-order valence-electron chi connectivity index (χ1n) is 11.7. The average molecular weight is 458 g/mol. The predicted molar refractivity (Wildman–Crippen MR) is 135 cm³/mol. The molecule has 0 unspecified atom stereocenters. The number of nitrogens with two attached hydrogens (primary N) is 1. The van der Waals surface area contributed by atoms with Gasteiger partial charge in [-0.1, -0.05) is 0 Å². The largest absolute Gasteiger partial charge is 0.480 e. The molecule has 1 aliphatic heterocycles. The topological polar surface area (TPSA) is 94.5 Å². The predicted octanol–water partition coefficient (Wildman–Crippen LogP) is 3.82. The SMILES string of the molecule is CN=C1CCN(c2ccc(-n3nc(C)cc3C)cc2)C/C1=C(/N)c1c(OC)ncnc1C1CC1. The Bertz CT molecular complexity index is 1270. The summed E-state index contributed by atoms with van der Waals surface area (Å²) in [5.41, 5.74) is 15.7. The maximum atomic E-state index is 6.84. The lowest BCUT2D eigenvalue weighted by atomic mass is 9.95. The van der Waals surface area contributed by atoms with Crippen LogP contribution in [0, 0.1) is 13.8 Å². The standard InChI is InChI=1S/C26H31N7O/c1-16-13-17(2)33(31-16)20-9-7-19(8-10-20)32-12-11-22(28-3)21(14-32)24(27)23-25(18-5-6-18)29-15-30-26(23)34-4/h7-10,13,15,18H,5-6,11-12,14,27H2,1-4H3/b24-21-,28-22?.